The lowest BCUT2D eigenvalue weighted by Crippen LogP contribution is -2.01. The van der Waals surface area contributed by atoms with Gasteiger partial charge in [-0.3, -0.25) is 0 Å². The Bertz CT molecular complexity index is 555. The maximum absolute atomic E-state index is 13.5. The summed E-state index contributed by atoms with van der Waals surface area (Å²) in [7, 11) is 0. The Hall–Kier alpha value is -1.68. The van der Waals surface area contributed by atoms with E-state index in [1.807, 2.05) is 0 Å². The first-order chi connectivity index (χ1) is 9.06. The molecule has 2 aromatic rings. The van der Waals surface area contributed by atoms with Crippen LogP contribution in [0.25, 0.3) is 0 Å². The van der Waals surface area contributed by atoms with Crippen LogP contribution in [0.3, 0.4) is 0 Å². The first kappa shape index (κ1) is 13.7. The zero-order chi connectivity index (χ0) is 13.8. The number of benzene rings is 2. The zero-order valence-corrected chi connectivity index (χ0v) is 10.6. The SMILES string of the molecule is Fc1cc(Cl)ccc1NCc1ccc(C(F)F)cc1. The van der Waals surface area contributed by atoms with Gasteiger partial charge in [0.15, 0.2) is 0 Å². The van der Waals surface area contributed by atoms with Crippen LogP contribution >= 0.6 is 11.6 Å². The number of nitrogens with one attached hydrogen (secondary N) is 1. The minimum Gasteiger partial charge on any atom is -0.379 e. The van der Waals surface area contributed by atoms with Crippen LogP contribution < -0.4 is 5.32 Å². The van der Waals surface area contributed by atoms with E-state index in [0.717, 1.165) is 5.56 Å². The molecule has 0 amide bonds. The third kappa shape index (κ3) is 3.64. The van der Waals surface area contributed by atoms with E-state index in [2.05, 4.69) is 5.32 Å². The molecule has 0 radical (unpaired) electrons. The predicted octanol–water partition coefficient (Wildman–Crippen LogP) is 5.03. The molecule has 2 aromatic carbocycles. The van der Waals surface area contributed by atoms with Crippen molar-refractivity contribution in [1.82, 2.24) is 0 Å². The lowest BCUT2D eigenvalue weighted by atomic mass is 10.1. The molecule has 1 nitrogen and oxygen atoms in total. The van der Waals surface area contributed by atoms with Crippen molar-refractivity contribution in [2.75, 3.05) is 5.32 Å². The lowest BCUT2D eigenvalue weighted by molar-refractivity contribution is 0.151. The fraction of sp³-hybridized carbons (Fsp3) is 0.143. The molecule has 0 heterocycles. The average molecular weight is 286 g/mol. The van der Waals surface area contributed by atoms with Gasteiger partial charge in [-0.15, -0.1) is 0 Å². The summed E-state index contributed by atoms with van der Waals surface area (Å²) in [5, 5.41) is 3.21. The Kier molecular flexibility index (Phi) is 4.32. The minimum atomic E-state index is -2.48. The highest BCUT2D eigenvalue weighted by atomic mass is 35.5. The Morgan fingerprint density at radius 2 is 1.74 bits per heavy atom. The van der Waals surface area contributed by atoms with Crippen molar-refractivity contribution in [2.24, 2.45) is 0 Å². The molecule has 0 aromatic heterocycles. The van der Waals surface area contributed by atoms with E-state index in [-0.39, 0.29) is 5.56 Å². The van der Waals surface area contributed by atoms with Gasteiger partial charge in [0.1, 0.15) is 5.82 Å². The smallest absolute Gasteiger partial charge is 0.263 e. The van der Waals surface area contributed by atoms with Crippen LogP contribution in [0.5, 0.6) is 0 Å². The van der Waals surface area contributed by atoms with Crippen molar-refractivity contribution in [1.29, 1.82) is 0 Å². The van der Waals surface area contributed by atoms with Crippen molar-refractivity contribution in [2.45, 2.75) is 13.0 Å². The van der Waals surface area contributed by atoms with Gasteiger partial charge >= 0.3 is 0 Å². The molecule has 0 aliphatic rings. The van der Waals surface area contributed by atoms with E-state index in [9.17, 15) is 13.2 Å². The summed E-state index contributed by atoms with van der Waals surface area (Å²) < 4.78 is 38.2. The maximum Gasteiger partial charge on any atom is 0.263 e. The molecule has 100 valence electrons. The molecular formula is C14H11ClF3N. The summed E-state index contributed by atoms with van der Waals surface area (Å²) in [6, 6.07) is 10.2. The minimum absolute atomic E-state index is 0.0265. The summed E-state index contributed by atoms with van der Waals surface area (Å²) in [6.45, 7) is 0.349. The average Bonchev–Trinajstić information content (AvgIpc) is 2.38. The molecule has 2 rings (SSSR count). The highest BCUT2D eigenvalue weighted by Gasteiger charge is 2.06. The normalized spacial score (nSPS) is 10.8. The van der Waals surface area contributed by atoms with Crippen LogP contribution in [-0.4, -0.2) is 0 Å². The van der Waals surface area contributed by atoms with E-state index in [1.165, 1.54) is 24.3 Å². The van der Waals surface area contributed by atoms with Gasteiger partial charge in [-0.25, -0.2) is 13.2 Å². The highest BCUT2D eigenvalue weighted by Crippen LogP contribution is 2.21. The molecule has 0 aliphatic carbocycles. The Balaban J connectivity index is 2.02. The quantitative estimate of drug-likeness (QED) is 0.831. The second-order valence-electron chi connectivity index (χ2n) is 4.02. The largest absolute Gasteiger partial charge is 0.379 e. The Labute approximate surface area is 114 Å². The van der Waals surface area contributed by atoms with Gasteiger partial charge in [-0.2, -0.15) is 0 Å². The third-order valence-corrected chi connectivity index (χ3v) is 2.88. The molecule has 0 unspecified atom stereocenters. The summed E-state index contributed by atoms with van der Waals surface area (Å²) >= 11 is 5.64. The van der Waals surface area contributed by atoms with Crippen molar-refractivity contribution in [3.8, 4) is 0 Å². The fourth-order valence-corrected chi connectivity index (χ4v) is 1.77. The Morgan fingerprint density at radius 1 is 1.05 bits per heavy atom. The van der Waals surface area contributed by atoms with Crippen molar-refractivity contribution >= 4 is 17.3 Å². The van der Waals surface area contributed by atoms with Gasteiger partial charge in [-0.1, -0.05) is 35.9 Å². The standard InChI is InChI=1S/C14H11ClF3N/c15-11-5-6-13(12(16)7-11)19-8-9-1-3-10(4-2-9)14(17)18/h1-7,14,19H,8H2. The molecule has 0 atom stereocenters. The fourth-order valence-electron chi connectivity index (χ4n) is 1.61. The van der Waals surface area contributed by atoms with Crippen LogP contribution in [0.4, 0.5) is 18.9 Å². The van der Waals surface area contributed by atoms with Crippen LogP contribution in [0.2, 0.25) is 5.02 Å². The number of anilines is 1. The molecule has 0 spiro atoms. The summed E-state index contributed by atoms with van der Waals surface area (Å²) in [6.07, 6.45) is -2.48. The predicted molar refractivity (Wildman–Crippen MR) is 70.1 cm³/mol. The van der Waals surface area contributed by atoms with Gasteiger partial charge in [0.2, 0.25) is 0 Å². The first-order valence-electron chi connectivity index (χ1n) is 5.62. The van der Waals surface area contributed by atoms with E-state index < -0.39 is 12.2 Å². The van der Waals surface area contributed by atoms with E-state index >= 15 is 0 Å². The van der Waals surface area contributed by atoms with Gasteiger partial charge in [0.05, 0.1) is 5.69 Å². The monoisotopic (exact) mass is 285 g/mol. The van der Waals surface area contributed by atoms with Crippen LogP contribution in [0.15, 0.2) is 42.5 Å². The molecule has 0 bridgehead atoms. The zero-order valence-electron chi connectivity index (χ0n) is 9.84. The number of halogens is 4. The molecule has 0 saturated heterocycles. The second-order valence-corrected chi connectivity index (χ2v) is 4.46. The number of hydrogen-bond acceptors (Lipinski definition) is 1. The number of hydrogen-bond donors (Lipinski definition) is 1. The van der Waals surface area contributed by atoms with E-state index in [1.54, 1.807) is 18.2 Å². The van der Waals surface area contributed by atoms with Crippen molar-refractivity contribution in [3.05, 3.63) is 64.4 Å². The lowest BCUT2D eigenvalue weighted by Gasteiger charge is -2.08. The Morgan fingerprint density at radius 3 is 2.32 bits per heavy atom. The van der Waals surface area contributed by atoms with Gasteiger partial charge in [0.25, 0.3) is 6.43 Å². The van der Waals surface area contributed by atoms with Gasteiger partial charge in [0, 0.05) is 17.1 Å². The summed E-state index contributed by atoms with van der Waals surface area (Å²) in [4.78, 5) is 0. The summed E-state index contributed by atoms with van der Waals surface area (Å²) in [5.41, 5.74) is 1.09. The second kappa shape index (κ2) is 5.97. The molecule has 0 saturated carbocycles. The molecule has 1 N–H and O–H groups in total. The molecule has 0 aliphatic heterocycles. The maximum atomic E-state index is 13.5. The first-order valence-corrected chi connectivity index (χ1v) is 6.00. The van der Waals surface area contributed by atoms with Crippen LogP contribution in [-0.2, 0) is 6.54 Å². The number of alkyl halides is 2. The van der Waals surface area contributed by atoms with E-state index in [0.29, 0.717) is 17.3 Å². The molecule has 19 heavy (non-hydrogen) atoms. The summed E-state index contributed by atoms with van der Waals surface area (Å²) in [5.74, 6) is -0.447. The third-order valence-electron chi connectivity index (χ3n) is 2.65. The molecule has 0 fully saturated rings. The molecule has 5 heteroatoms. The van der Waals surface area contributed by atoms with Crippen LogP contribution in [0.1, 0.15) is 17.6 Å². The topological polar surface area (TPSA) is 12.0 Å². The van der Waals surface area contributed by atoms with Gasteiger partial charge in [-0.05, 0) is 23.8 Å². The van der Waals surface area contributed by atoms with Crippen LogP contribution in [0, 0.1) is 5.82 Å². The number of rotatable bonds is 4. The molecular weight excluding hydrogens is 275 g/mol. The van der Waals surface area contributed by atoms with Crippen molar-refractivity contribution in [3.63, 3.8) is 0 Å². The highest BCUT2D eigenvalue weighted by molar-refractivity contribution is 6.30. The van der Waals surface area contributed by atoms with Gasteiger partial charge < -0.3 is 5.32 Å². The van der Waals surface area contributed by atoms with E-state index in [4.69, 9.17) is 11.6 Å². The van der Waals surface area contributed by atoms with Crippen molar-refractivity contribution < 1.29 is 13.2 Å².